The van der Waals surface area contributed by atoms with E-state index < -0.39 is 0 Å². The van der Waals surface area contributed by atoms with Crippen molar-refractivity contribution in [2.45, 2.75) is 50.8 Å². The smallest absolute Gasteiger partial charge is 0.0361 e. The van der Waals surface area contributed by atoms with Crippen LogP contribution in [0, 0.1) is 0 Å². The van der Waals surface area contributed by atoms with E-state index in [1.54, 1.807) is 0 Å². The molecule has 0 atom stereocenters. The predicted octanol–water partition coefficient (Wildman–Crippen LogP) is 15.0. The Morgan fingerprint density at radius 2 is 1.15 bits per heavy atom. The monoisotopic (exact) mass is 716 g/mol. The van der Waals surface area contributed by atoms with Gasteiger partial charge in [0.1, 0.15) is 0 Å². The van der Waals surface area contributed by atoms with Crippen molar-refractivity contribution in [3.63, 3.8) is 0 Å². The topological polar surface area (TPSA) is 0 Å². The van der Waals surface area contributed by atoms with Crippen molar-refractivity contribution in [2.24, 2.45) is 0 Å². The SMILES string of the molecule is C/C(=C\C=C1/Cc2ccccc2S1)c1c2ccccc2c(/C(C)=C/C=C2\Cc3ccc4cc5sc6ccccc6c5cc4c3C2(C)C)c2ccccc12. The maximum absolute atomic E-state index is 2.48. The first kappa shape index (κ1) is 32.5. The van der Waals surface area contributed by atoms with E-state index >= 15 is 0 Å². The summed E-state index contributed by atoms with van der Waals surface area (Å²) in [5.41, 5.74) is 11.0. The number of allylic oxidation sites excluding steroid dienone is 8. The Balaban J connectivity index is 1.06. The van der Waals surface area contributed by atoms with Crippen LogP contribution in [0.15, 0.2) is 161 Å². The number of rotatable bonds is 4. The Labute approximate surface area is 319 Å². The van der Waals surface area contributed by atoms with E-state index in [9.17, 15) is 0 Å². The Bertz CT molecular complexity index is 2870. The zero-order valence-electron chi connectivity index (χ0n) is 30.6. The zero-order valence-corrected chi connectivity index (χ0v) is 32.2. The fourth-order valence-corrected chi connectivity index (χ4v) is 11.3. The first-order chi connectivity index (χ1) is 25.8. The predicted molar refractivity (Wildman–Crippen MR) is 234 cm³/mol. The minimum absolute atomic E-state index is 0.0749. The summed E-state index contributed by atoms with van der Waals surface area (Å²) in [5, 5.41) is 10.7. The Morgan fingerprint density at radius 3 is 1.83 bits per heavy atom. The molecule has 8 aromatic rings. The van der Waals surface area contributed by atoms with Crippen LogP contribution in [0.5, 0.6) is 0 Å². The van der Waals surface area contributed by atoms with Crippen molar-refractivity contribution in [3.8, 4) is 0 Å². The number of fused-ring (bicyclic) bond motifs is 9. The maximum atomic E-state index is 2.48. The van der Waals surface area contributed by atoms with Gasteiger partial charge >= 0.3 is 0 Å². The van der Waals surface area contributed by atoms with E-state index in [2.05, 4.69) is 173 Å². The molecule has 2 heteroatoms. The van der Waals surface area contributed by atoms with Crippen molar-refractivity contribution in [1.29, 1.82) is 0 Å². The second-order valence-corrected chi connectivity index (χ2v) is 17.6. The molecule has 1 aromatic heterocycles. The van der Waals surface area contributed by atoms with E-state index in [-0.39, 0.29) is 5.41 Å². The van der Waals surface area contributed by atoms with Crippen molar-refractivity contribution in [2.75, 3.05) is 0 Å². The van der Waals surface area contributed by atoms with Crippen LogP contribution >= 0.6 is 23.1 Å². The van der Waals surface area contributed by atoms with Crippen molar-refractivity contribution >= 4 is 86.7 Å². The molecule has 10 rings (SSSR count). The second-order valence-electron chi connectivity index (χ2n) is 15.3. The number of hydrogen-bond donors (Lipinski definition) is 0. The van der Waals surface area contributed by atoms with E-state index in [1.165, 1.54) is 107 Å². The quantitative estimate of drug-likeness (QED) is 0.163. The van der Waals surface area contributed by atoms with E-state index in [0.717, 1.165) is 12.8 Å². The molecule has 0 bridgehead atoms. The van der Waals surface area contributed by atoms with Gasteiger partial charge in [-0.3, -0.25) is 0 Å². The fraction of sp³-hybridized carbons (Fsp3) is 0.137. The molecule has 0 saturated heterocycles. The van der Waals surface area contributed by atoms with E-state index in [0.29, 0.717) is 0 Å². The van der Waals surface area contributed by atoms with Gasteiger partial charge in [-0.2, -0.15) is 0 Å². The lowest BCUT2D eigenvalue weighted by Crippen LogP contribution is -2.15. The number of thioether (sulfide) groups is 1. The molecule has 53 heavy (non-hydrogen) atoms. The van der Waals surface area contributed by atoms with Crippen LogP contribution in [-0.4, -0.2) is 0 Å². The first-order valence-corrected chi connectivity index (χ1v) is 20.3. The van der Waals surface area contributed by atoms with Gasteiger partial charge in [0.05, 0.1) is 0 Å². The average Bonchev–Trinajstić information content (AvgIpc) is 3.84. The molecule has 0 unspecified atom stereocenters. The van der Waals surface area contributed by atoms with Crippen LogP contribution in [-0.2, 0) is 18.3 Å². The molecular weight excluding hydrogens is 677 g/mol. The molecule has 0 amide bonds. The average molecular weight is 717 g/mol. The summed E-state index contributed by atoms with van der Waals surface area (Å²) in [6, 6.07) is 45.3. The summed E-state index contributed by atoms with van der Waals surface area (Å²) >= 11 is 3.81. The van der Waals surface area contributed by atoms with Crippen molar-refractivity contribution in [1.82, 2.24) is 0 Å². The van der Waals surface area contributed by atoms with Crippen molar-refractivity contribution in [3.05, 3.63) is 184 Å². The highest BCUT2D eigenvalue weighted by Crippen LogP contribution is 2.48. The van der Waals surface area contributed by atoms with Crippen LogP contribution in [0.4, 0.5) is 0 Å². The molecule has 2 heterocycles. The summed E-state index contributed by atoms with van der Waals surface area (Å²) in [4.78, 5) is 2.79. The Morgan fingerprint density at radius 1 is 0.547 bits per heavy atom. The zero-order chi connectivity index (χ0) is 35.8. The summed E-state index contributed by atoms with van der Waals surface area (Å²) in [5.74, 6) is 0. The lowest BCUT2D eigenvalue weighted by atomic mass is 9.80. The third-order valence-electron chi connectivity index (χ3n) is 11.8. The molecule has 2 aliphatic rings. The third kappa shape index (κ3) is 5.26. The van der Waals surface area contributed by atoms with Crippen LogP contribution in [0.3, 0.4) is 0 Å². The van der Waals surface area contributed by atoms with E-state index in [4.69, 9.17) is 0 Å². The van der Waals surface area contributed by atoms with Gasteiger partial charge in [-0.25, -0.2) is 0 Å². The molecule has 0 radical (unpaired) electrons. The molecule has 0 nitrogen and oxygen atoms in total. The number of thiophene rings is 1. The Hall–Kier alpha value is -5.15. The maximum Gasteiger partial charge on any atom is 0.0361 e. The molecular formula is C51H40S2. The molecule has 1 aliphatic heterocycles. The van der Waals surface area contributed by atoms with Gasteiger partial charge in [0.25, 0.3) is 0 Å². The van der Waals surface area contributed by atoms with Gasteiger partial charge < -0.3 is 0 Å². The molecule has 7 aromatic carbocycles. The Kier molecular flexibility index (Phi) is 7.65. The van der Waals surface area contributed by atoms with Gasteiger partial charge in [-0.05, 0) is 121 Å². The van der Waals surface area contributed by atoms with Gasteiger partial charge in [0.15, 0.2) is 0 Å². The second kappa shape index (κ2) is 12.5. The molecule has 0 N–H and O–H groups in total. The van der Waals surface area contributed by atoms with Gasteiger partial charge in [-0.1, -0.05) is 153 Å². The normalized spacial score (nSPS) is 17.3. The van der Waals surface area contributed by atoms with Gasteiger partial charge in [-0.15, -0.1) is 11.3 Å². The minimum atomic E-state index is -0.0749. The highest BCUT2D eigenvalue weighted by molar-refractivity contribution is 8.03. The lowest BCUT2D eigenvalue weighted by Gasteiger charge is -2.24. The number of benzene rings is 7. The van der Waals surface area contributed by atoms with Crippen LogP contribution < -0.4 is 0 Å². The minimum Gasteiger partial charge on any atom is -0.135 e. The van der Waals surface area contributed by atoms with Crippen molar-refractivity contribution < 1.29 is 0 Å². The van der Waals surface area contributed by atoms with Gasteiger partial charge in [0, 0.05) is 36.9 Å². The summed E-state index contributed by atoms with van der Waals surface area (Å²) in [6.07, 6.45) is 11.5. The first-order valence-electron chi connectivity index (χ1n) is 18.7. The standard InChI is InChI=1S/C51H40S2/c1-31(21-25-36-27-35-24-23-33-29-47-44(30-43(33)50(35)51(36,3)4)38-14-10-12-20-46(38)53-47)48-39-15-6-8-17-41(39)49(42-18-9-7-16-40(42)48)32(2)22-26-37-28-34-13-5-11-19-45(34)52-37/h5-26,29-30H,27-28H2,1-4H3/b31-21+,32-22+,36-25+,37-26+. The van der Waals surface area contributed by atoms with Crippen LogP contribution in [0.2, 0.25) is 0 Å². The highest BCUT2D eigenvalue weighted by atomic mass is 32.2. The summed E-state index contributed by atoms with van der Waals surface area (Å²) in [6.45, 7) is 9.43. The molecule has 0 fully saturated rings. The van der Waals surface area contributed by atoms with Crippen LogP contribution in [0.25, 0.3) is 63.6 Å². The lowest BCUT2D eigenvalue weighted by molar-refractivity contribution is 0.649. The molecule has 0 saturated carbocycles. The van der Waals surface area contributed by atoms with Gasteiger partial charge in [0.2, 0.25) is 0 Å². The molecule has 1 aliphatic carbocycles. The van der Waals surface area contributed by atoms with E-state index in [1.807, 2.05) is 23.1 Å². The summed E-state index contributed by atoms with van der Waals surface area (Å²) in [7, 11) is 0. The number of hydrogen-bond acceptors (Lipinski definition) is 2. The third-order valence-corrected chi connectivity index (χ3v) is 14.1. The highest BCUT2D eigenvalue weighted by Gasteiger charge is 2.36. The fourth-order valence-electron chi connectivity index (χ4n) is 9.12. The largest absolute Gasteiger partial charge is 0.135 e. The van der Waals surface area contributed by atoms with Crippen LogP contribution in [0.1, 0.15) is 55.5 Å². The molecule has 256 valence electrons. The summed E-state index contributed by atoms with van der Waals surface area (Å²) < 4.78 is 2.73. The molecule has 0 spiro atoms.